The van der Waals surface area contributed by atoms with E-state index in [0.717, 1.165) is 10.1 Å². The van der Waals surface area contributed by atoms with Crippen LogP contribution < -0.4 is 20.1 Å². The number of nitrogens with zero attached hydrogens (tertiary/aromatic N) is 2. The van der Waals surface area contributed by atoms with Gasteiger partial charge in [0.05, 0.1) is 5.75 Å². The van der Waals surface area contributed by atoms with Crippen molar-refractivity contribution in [3.05, 3.63) is 18.2 Å². The van der Waals surface area contributed by atoms with Crippen molar-refractivity contribution in [3.63, 3.8) is 0 Å². The molecule has 0 saturated heterocycles. The van der Waals surface area contributed by atoms with Crippen LogP contribution in [0.15, 0.2) is 26.9 Å². The van der Waals surface area contributed by atoms with E-state index in [1.165, 1.54) is 23.1 Å². The summed E-state index contributed by atoms with van der Waals surface area (Å²) in [6.07, 6.45) is 0. The Morgan fingerprint density at radius 2 is 1.88 bits per heavy atom. The lowest BCUT2D eigenvalue weighted by atomic mass is 10.2. The Labute approximate surface area is 162 Å². The predicted octanol–water partition coefficient (Wildman–Crippen LogP) is 2.86. The molecule has 1 aliphatic heterocycles. The number of aromatic nitrogens is 2. The summed E-state index contributed by atoms with van der Waals surface area (Å²) in [6.45, 7) is 2.99. The lowest BCUT2D eigenvalue weighted by Gasteiger charge is -2.19. The van der Waals surface area contributed by atoms with Crippen molar-refractivity contribution in [1.82, 2.24) is 15.5 Å². The fourth-order valence-electron chi connectivity index (χ4n) is 2.01. The number of carbonyl (C=O) groups is 2. The third-order valence-corrected chi connectivity index (χ3v) is 6.11. The first kappa shape index (κ1) is 18.8. The molecule has 138 valence electrons. The summed E-state index contributed by atoms with van der Waals surface area (Å²) in [5.41, 5.74) is 0.512. The zero-order valence-corrected chi connectivity index (χ0v) is 16.3. The quantitative estimate of drug-likeness (QED) is 0.698. The monoisotopic (exact) mass is 412 g/mol. The molecule has 0 saturated carbocycles. The zero-order chi connectivity index (χ0) is 18.4. The van der Waals surface area contributed by atoms with E-state index in [1.807, 2.05) is 6.92 Å². The topological polar surface area (TPSA) is 102 Å². The molecule has 0 fully saturated rings. The number of benzene rings is 1. The van der Waals surface area contributed by atoms with Gasteiger partial charge in [-0.15, -0.1) is 10.2 Å². The molecule has 1 aromatic heterocycles. The molecule has 8 nitrogen and oxygen atoms in total. The van der Waals surface area contributed by atoms with E-state index in [9.17, 15) is 9.59 Å². The third kappa shape index (κ3) is 5.26. The summed E-state index contributed by atoms with van der Waals surface area (Å²) in [7, 11) is 0. The number of urea groups is 1. The third-order valence-electron chi connectivity index (χ3n) is 3.04. The molecular weight excluding hydrogens is 396 g/mol. The highest BCUT2D eigenvalue weighted by Gasteiger charge is 2.14. The van der Waals surface area contributed by atoms with E-state index >= 15 is 0 Å². The minimum Gasteiger partial charge on any atom is -0.486 e. The van der Waals surface area contributed by atoms with E-state index in [0.29, 0.717) is 34.7 Å². The molecule has 3 rings (SSSR count). The SMILES string of the molecule is CCSc1nnc(SCC(=O)NC(=O)Nc2ccc3c(c2)OCCO3)s1. The van der Waals surface area contributed by atoms with Crippen LogP contribution in [0.3, 0.4) is 0 Å². The summed E-state index contributed by atoms with van der Waals surface area (Å²) < 4.78 is 12.4. The predicted molar refractivity (Wildman–Crippen MR) is 102 cm³/mol. The Bertz CT molecular complexity index is 799. The average Bonchev–Trinajstić information content (AvgIpc) is 3.08. The lowest BCUT2D eigenvalue weighted by molar-refractivity contribution is -0.117. The summed E-state index contributed by atoms with van der Waals surface area (Å²) in [4.78, 5) is 23.8. The molecular formula is C15H16N4O4S3. The van der Waals surface area contributed by atoms with Gasteiger partial charge in [0.15, 0.2) is 20.2 Å². The number of fused-ring (bicyclic) bond motifs is 1. The molecule has 2 aromatic rings. The number of imide groups is 1. The van der Waals surface area contributed by atoms with E-state index < -0.39 is 11.9 Å². The molecule has 0 atom stereocenters. The van der Waals surface area contributed by atoms with Gasteiger partial charge in [-0.2, -0.15) is 0 Å². The second-order valence-electron chi connectivity index (χ2n) is 4.92. The van der Waals surface area contributed by atoms with Crippen LogP contribution in [0, 0.1) is 0 Å². The first-order valence-electron chi connectivity index (χ1n) is 7.73. The molecule has 0 aliphatic carbocycles. The van der Waals surface area contributed by atoms with Crippen LogP contribution in [0.2, 0.25) is 0 Å². The Morgan fingerprint density at radius 1 is 1.15 bits per heavy atom. The highest BCUT2D eigenvalue weighted by molar-refractivity contribution is 8.03. The maximum atomic E-state index is 11.9. The van der Waals surface area contributed by atoms with E-state index in [4.69, 9.17) is 9.47 Å². The number of hydrogen-bond acceptors (Lipinski definition) is 9. The number of hydrogen-bond donors (Lipinski definition) is 2. The molecule has 2 N–H and O–H groups in total. The molecule has 2 heterocycles. The standard InChI is InChI=1S/C15H16N4O4S3/c1-2-24-14-18-19-15(26-14)25-8-12(20)17-13(21)16-9-3-4-10-11(7-9)23-6-5-22-10/h3-4,7H,2,5-6,8H2,1H3,(H2,16,17,20,21). The Morgan fingerprint density at radius 3 is 2.65 bits per heavy atom. The van der Waals surface area contributed by atoms with Crippen LogP contribution in [-0.2, 0) is 4.79 Å². The molecule has 0 radical (unpaired) electrons. The summed E-state index contributed by atoms with van der Waals surface area (Å²) >= 11 is 4.28. The first-order chi connectivity index (χ1) is 12.6. The highest BCUT2D eigenvalue weighted by Crippen LogP contribution is 2.32. The van der Waals surface area contributed by atoms with E-state index in [-0.39, 0.29) is 5.75 Å². The normalized spacial score (nSPS) is 12.5. The number of ether oxygens (including phenoxy) is 2. The van der Waals surface area contributed by atoms with Crippen molar-refractivity contribution >= 4 is 52.5 Å². The summed E-state index contributed by atoms with van der Waals surface area (Å²) in [6, 6.07) is 4.44. The van der Waals surface area contributed by atoms with E-state index in [1.54, 1.807) is 30.0 Å². The number of carbonyl (C=O) groups excluding carboxylic acids is 2. The van der Waals surface area contributed by atoms with Gasteiger partial charge in [-0.1, -0.05) is 41.8 Å². The van der Waals surface area contributed by atoms with Crippen molar-refractivity contribution in [2.24, 2.45) is 0 Å². The number of amides is 3. The Kier molecular flexibility index (Phi) is 6.58. The van der Waals surface area contributed by atoms with Gasteiger partial charge in [0.1, 0.15) is 13.2 Å². The lowest BCUT2D eigenvalue weighted by Crippen LogP contribution is -2.35. The van der Waals surface area contributed by atoms with Gasteiger partial charge < -0.3 is 14.8 Å². The molecule has 0 spiro atoms. The number of nitrogens with one attached hydrogen (secondary N) is 2. The smallest absolute Gasteiger partial charge is 0.325 e. The van der Waals surface area contributed by atoms with E-state index in [2.05, 4.69) is 20.8 Å². The molecule has 26 heavy (non-hydrogen) atoms. The number of thioether (sulfide) groups is 2. The summed E-state index contributed by atoms with van der Waals surface area (Å²) in [5, 5.41) is 12.9. The van der Waals surface area contributed by atoms with Gasteiger partial charge >= 0.3 is 6.03 Å². The second kappa shape index (κ2) is 9.10. The minimum atomic E-state index is -0.605. The molecule has 3 amide bonds. The zero-order valence-electron chi connectivity index (χ0n) is 13.8. The number of rotatable bonds is 6. The van der Waals surface area contributed by atoms with Gasteiger partial charge in [-0.3, -0.25) is 10.1 Å². The van der Waals surface area contributed by atoms with Gasteiger partial charge in [-0.25, -0.2) is 4.79 Å². The van der Waals surface area contributed by atoms with Crippen molar-refractivity contribution in [3.8, 4) is 11.5 Å². The van der Waals surface area contributed by atoms with Crippen LogP contribution in [0.25, 0.3) is 0 Å². The number of anilines is 1. The maximum Gasteiger partial charge on any atom is 0.325 e. The van der Waals surface area contributed by atoms with Gasteiger partial charge in [0, 0.05) is 11.8 Å². The average molecular weight is 413 g/mol. The van der Waals surface area contributed by atoms with Crippen LogP contribution in [-0.4, -0.2) is 46.9 Å². The van der Waals surface area contributed by atoms with Gasteiger partial charge in [0.25, 0.3) is 0 Å². The Balaban J connectivity index is 1.45. The van der Waals surface area contributed by atoms with Gasteiger partial charge in [-0.05, 0) is 17.9 Å². The molecule has 1 aliphatic rings. The Hall–Kier alpha value is -1.98. The van der Waals surface area contributed by atoms with Crippen LogP contribution in [0.5, 0.6) is 11.5 Å². The largest absolute Gasteiger partial charge is 0.486 e. The summed E-state index contributed by atoms with van der Waals surface area (Å²) in [5.74, 6) is 1.78. The highest BCUT2D eigenvalue weighted by atomic mass is 32.2. The first-order valence-corrected chi connectivity index (χ1v) is 10.5. The molecule has 1 aromatic carbocycles. The second-order valence-corrected chi connectivity index (χ2v) is 8.63. The van der Waals surface area contributed by atoms with Crippen molar-refractivity contribution in [2.75, 3.05) is 30.0 Å². The van der Waals surface area contributed by atoms with Crippen molar-refractivity contribution in [1.29, 1.82) is 0 Å². The van der Waals surface area contributed by atoms with Crippen LogP contribution >= 0.6 is 34.9 Å². The fourth-order valence-corrected chi connectivity index (χ4v) is 4.73. The molecule has 0 unspecified atom stereocenters. The van der Waals surface area contributed by atoms with Gasteiger partial charge in [0.2, 0.25) is 5.91 Å². The molecule has 0 bridgehead atoms. The van der Waals surface area contributed by atoms with Crippen molar-refractivity contribution in [2.45, 2.75) is 15.6 Å². The van der Waals surface area contributed by atoms with Crippen LogP contribution in [0.1, 0.15) is 6.92 Å². The maximum absolute atomic E-state index is 11.9. The molecule has 11 heteroatoms. The minimum absolute atomic E-state index is 0.0833. The fraction of sp³-hybridized carbons (Fsp3) is 0.333. The van der Waals surface area contributed by atoms with Crippen molar-refractivity contribution < 1.29 is 19.1 Å². The van der Waals surface area contributed by atoms with Crippen LogP contribution in [0.4, 0.5) is 10.5 Å².